The molecule has 0 aromatic carbocycles. The normalized spacial score (nSPS) is 52.6. The number of fused-ring (bicyclic) bond motifs is 1. The summed E-state index contributed by atoms with van der Waals surface area (Å²) in [4.78, 5) is 25.4. The van der Waals surface area contributed by atoms with Gasteiger partial charge in [-0.1, -0.05) is 13.8 Å². The second kappa shape index (κ2) is 6.63. The Morgan fingerprint density at radius 3 is 2.19 bits per heavy atom. The second-order valence-corrected chi connectivity index (χ2v) is 14.0. The van der Waals surface area contributed by atoms with Crippen LogP contribution in [0.15, 0.2) is 0 Å². The summed E-state index contributed by atoms with van der Waals surface area (Å²) >= 11 is 1.41. The monoisotopic (exact) mass is 470 g/mol. The standard InChI is InChI=1S/C22H30O7S2/c1-9(2)22(13-5-11-4-12(7-13)8-14(22)6-11)28-21(24)15-18-16(27-10(3)23)17-19(30-18)20(15)31(25,26)29-17/h9,11-20H,4-8H2,1-3H3. The van der Waals surface area contributed by atoms with Crippen molar-refractivity contribution in [1.29, 1.82) is 0 Å². The molecule has 6 atom stereocenters. The zero-order valence-corrected chi connectivity index (χ0v) is 19.7. The fourth-order valence-electron chi connectivity index (χ4n) is 8.31. The minimum Gasteiger partial charge on any atom is -0.458 e. The Morgan fingerprint density at radius 1 is 1.03 bits per heavy atom. The van der Waals surface area contributed by atoms with Crippen LogP contribution in [0.5, 0.6) is 0 Å². The number of esters is 2. The predicted molar refractivity (Wildman–Crippen MR) is 112 cm³/mol. The molecule has 6 unspecified atom stereocenters. The lowest BCUT2D eigenvalue weighted by atomic mass is 9.47. The molecule has 7 aliphatic rings. The lowest BCUT2D eigenvalue weighted by Crippen LogP contribution is -2.63. The third kappa shape index (κ3) is 2.72. The number of carbonyl (C=O) groups is 2. The van der Waals surface area contributed by atoms with Crippen LogP contribution in [0.25, 0.3) is 0 Å². The first kappa shape index (κ1) is 20.8. The Morgan fingerprint density at radius 2 is 1.65 bits per heavy atom. The van der Waals surface area contributed by atoms with Gasteiger partial charge in [0.1, 0.15) is 23.1 Å². The number of hydrogen-bond donors (Lipinski definition) is 0. The van der Waals surface area contributed by atoms with E-state index in [1.54, 1.807) is 0 Å². The quantitative estimate of drug-likeness (QED) is 0.457. The minimum absolute atomic E-state index is 0.172. The van der Waals surface area contributed by atoms with Gasteiger partial charge in [0.2, 0.25) is 0 Å². The van der Waals surface area contributed by atoms with Gasteiger partial charge in [-0.15, -0.1) is 11.8 Å². The lowest BCUT2D eigenvalue weighted by Gasteiger charge is -2.62. The summed E-state index contributed by atoms with van der Waals surface area (Å²) in [5.41, 5.74) is -0.517. The van der Waals surface area contributed by atoms with Gasteiger partial charge in [0.05, 0.1) is 16.4 Å². The molecule has 7 rings (SSSR count). The maximum atomic E-state index is 13.7. The van der Waals surface area contributed by atoms with Crippen LogP contribution in [0.1, 0.15) is 52.9 Å². The summed E-state index contributed by atoms with van der Waals surface area (Å²) in [6.07, 6.45) is 4.30. The van der Waals surface area contributed by atoms with Crippen LogP contribution in [0.3, 0.4) is 0 Å². The maximum Gasteiger partial charge on any atom is 0.312 e. The van der Waals surface area contributed by atoms with Gasteiger partial charge in [-0.3, -0.25) is 13.8 Å². The summed E-state index contributed by atoms with van der Waals surface area (Å²) in [5.74, 6) is 0.583. The van der Waals surface area contributed by atoms with Crippen molar-refractivity contribution in [2.24, 2.45) is 35.5 Å². The van der Waals surface area contributed by atoms with Gasteiger partial charge in [0.15, 0.2) is 0 Å². The number of thioether (sulfide) groups is 1. The molecule has 172 valence electrons. The van der Waals surface area contributed by atoms with Crippen LogP contribution in [0.4, 0.5) is 0 Å². The third-order valence-corrected chi connectivity index (χ3v) is 12.7. The molecule has 0 N–H and O–H groups in total. The van der Waals surface area contributed by atoms with Gasteiger partial charge < -0.3 is 9.47 Å². The molecule has 4 aliphatic carbocycles. The van der Waals surface area contributed by atoms with E-state index in [0.717, 1.165) is 37.5 Å². The second-order valence-electron chi connectivity index (χ2n) is 10.9. The van der Waals surface area contributed by atoms with Crippen molar-refractivity contribution in [3.05, 3.63) is 0 Å². The SMILES string of the molecule is CC(=O)OC1C2OS(=O)(=O)C3C2SC1C3C(=O)OC1(C(C)C)C2CC3CC(C2)CC1C3. The summed E-state index contributed by atoms with van der Waals surface area (Å²) in [5, 5.41) is -1.73. The van der Waals surface area contributed by atoms with Crippen molar-refractivity contribution in [2.45, 2.75) is 86.4 Å². The molecule has 0 amide bonds. The summed E-state index contributed by atoms with van der Waals surface area (Å²) in [6, 6.07) is 0. The number of ether oxygens (including phenoxy) is 2. The van der Waals surface area contributed by atoms with Crippen molar-refractivity contribution < 1.29 is 31.7 Å². The van der Waals surface area contributed by atoms with Gasteiger partial charge in [0.25, 0.3) is 10.1 Å². The first-order chi connectivity index (χ1) is 14.6. The van der Waals surface area contributed by atoms with Crippen molar-refractivity contribution >= 4 is 33.8 Å². The fourth-order valence-corrected chi connectivity index (χ4v) is 12.7. The highest BCUT2D eigenvalue weighted by molar-refractivity contribution is 8.03. The molecule has 3 heterocycles. The molecule has 0 radical (unpaired) electrons. The van der Waals surface area contributed by atoms with E-state index in [1.807, 2.05) is 0 Å². The first-order valence-corrected chi connectivity index (χ1v) is 14.0. The average molecular weight is 471 g/mol. The Labute approximate surface area is 187 Å². The highest BCUT2D eigenvalue weighted by Gasteiger charge is 2.73. The minimum atomic E-state index is -3.91. The zero-order valence-electron chi connectivity index (χ0n) is 18.1. The molecular formula is C22H30O7S2. The van der Waals surface area contributed by atoms with Crippen LogP contribution >= 0.6 is 11.8 Å². The Bertz CT molecular complexity index is 900. The van der Waals surface area contributed by atoms with Gasteiger partial charge >= 0.3 is 11.9 Å². The van der Waals surface area contributed by atoms with E-state index in [0.29, 0.717) is 11.8 Å². The van der Waals surface area contributed by atoms with Crippen LogP contribution in [-0.2, 0) is 33.4 Å². The summed E-state index contributed by atoms with van der Waals surface area (Å²) in [6.45, 7) is 5.57. The largest absolute Gasteiger partial charge is 0.458 e. The van der Waals surface area contributed by atoms with Crippen LogP contribution in [0, 0.1) is 35.5 Å². The number of hydrogen-bond acceptors (Lipinski definition) is 8. The van der Waals surface area contributed by atoms with Crippen molar-refractivity contribution in [1.82, 2.24) is 0 Å². The Kier molecular flexibility index (Phi) is 4.44. The fraction of sp³-hybridized carbons (Fsp3) is 0.909. The van der Waals surface area contributed by atoms with E-state index in [1.165, 1.54) is 25.1 Å². The molecule has 7 nitrogen and oxygen atoms in total. The molecule has 7 fully saturated rings. The molecule has 4 saturated carbocycles. The molecular weight excluding hydrogens is 440 g/mol. The smallest absolute Gasteiger partial charge is 0.312 e. The van der Waals surface area contributed by atoms with Crippen LogP contribution in [-0.4, -0.2) is 53.9 Å². The molecule has 0 spiro atoms. The first-order valence-electron chi connectivity index (χ1n) is 11.6. The van der Waals surface area contributed by atoms with E-state index in [9.17, 15) is 18.0 Å². The third-order valence-electron chi connectivity index (χ3n) is 9.06. The van der Waals surface area contributed by atoms with E-state index < -0.39 is 56.3 Å². The Balaban J connectivity index is 1.33. The van der Waals surface area contributed by atoms with E-state index in [4.69, 9.17) is 13.7 Å². The molecule has 3 saturated heterocycles. The van der Waals surface area contributed by atoms with Crippen molar-refractivity contribution in [3.63, 3.8) is 0 Å². The van der Waals surface area contributed by atoms with Crippen molar-refractivity contribution in [3.8, 4) is 0 Å². The number of rotatable bonds is 4. The molecule has 6 bridgehead atoms. The van der Waals surface area contributed by atoms with Crippen LogP contribution in [0.2, 0.25) is 0 Å². The Hall–Kier alpha value is -0.800. The predicted octanol–water partition coefficient (Wildman–Crippen LogP) is 2.52. The number of carbonyl (C=O) groups excluding carboxylic acids is 2. The van der Waals surface area contributed by atoms with E-state index in [-0.39, 0.29) is 11.2 Å². The van der Waals surface area contributed by atoms with E-state index >= 15 is 0 Å². The van der Waals surface area contributed by atoms with Gasteiger partial charge in [-0.05, 0) is 61.7 Å². The van der Waals surface area contributed by atoms with Gasteiger partial charge in [0, 0.05) is 6.92 Å². The van der Waals surface area contributed by atoms with Crippen LogP contribution < -0.4 is 0 Å². The molecule has 3 aliphatic heterocycles. The molecule has 9 heteroatoms. The van der Waals surface area contributed by atoms with Gasteiger partial charge in [-0.2, -0.15) is 8.42 Å². The molecule has 0 aromatic rings. The molecule has 31 heavy (non-hydrogen) atoms. The van der Waals surface area contributed by atoms with E-state index in [2.05, 4.69) is 13.8 Å². The zero-order chi connectivity index (χ0) is 21.9. The topological polar surface area (TPSA) is 96.0 Å². The van der Waals surface area contributed by atoms with Crippen molar-refractivity contribution in [2.75, 3.05) is 0 Å². The van der Waals surface area contributed by atoms with Gasteiger partial charge in [-0.25, -0.2) is 0 Å². The highest BCUT2D eigenvalue weighted by Crippen LogP contribution is 2.63. The highest BCUT2D eigenvalue weighted by atomic mass is 32.2. The maximum absolute atomic E-state index is 13.7. The summed E-state index contributed by atoms with van der Waals surface area (Å²) < 4.78 is 42.9. The molecule has 0 aromatic heterocycles. The average Bonchev–Trinajstić information content (AvgIpc) is 3.26. The summed E-state index contributed by atoms with van der Waals surface area (Å²) in [7, 11) is -3.91. The lowest BCUT2D eigenvalue weighted by molar-refractivity contribution is -0.228.